The molecule has 0 bridgehead atoms. The van der Waals surface area contributed by atoms with E-state index in [9.17, 15) is 14.4 Å². The predicted molar refractivity (Wildman–Crippen MR) is 107 cm³/mol. The fourth-order valence-corrected chi connectivity index (χ4v) is 4.28. The minimum atomic E-state index is -0.612. The van der Waals surface area contributed by atoms with Crippen LogP contribution in [0.1, 0.15) is 38.3 Å². The van der Waals surface area contributed by atoms with Crippen molar-refractivity contribution in [3.8, 4) is 0 Å². The summed E-state index contributed by atoms with van der Waals surface area (Å²) in [5, 5.41) is 2.53. The average molecular weight is 402 g/mol. The lowest BCUT2D eigenvalue weighted by Crippen LogP contribution is -2.55. The van der Waals surface area contributed by atoms with Gasteiger partial charge in [0.2, 0.25) is 11.8 Å². The molecule has 0 aromatic carbocycles. The molecule has 2 aliphatic heterocycles. The number of ether oxygens (including phenoxy) is 1. The van der Waals surface area contributed by atoms with Gasteiger partial charge in [0.05, 0.1) is 7.11 Å². The summed E-state index contributed by atoms with van der Waals surface area (Å²) in [4.78, 5) is 44.5. The van der Waals surface area contributed by atoms with Crippen molar-refractivity contribution >= 4 is 17.9 Å². The highest BCUT2D eigenvalue weighted by molar-refractivity contribution is 5.85. The van der Waals surface area contributed by atoms with E-state index in [2.05, 4.69) is 15.0 Å². The van der Waals surface area contributed by atoms with Crippen molar-refractivity contribution in [1.29, 1.82) is 0 Å². The Labute approximate surface area is 171 Å². The van der Waals surface area contributed by atoms with Crippen LogP contribution in [0.25, 0.3) is 0 Å². The van der Waals surface area contributed by atoms with Crippen molar-refractivity contribution in [2.75, 3.05) is 33.3 Å². The van der Waals surface area contributed by atoms with Crippen LogP contribution < -0.4 is 5.32 Å². The summed E-state index contributed by atoms with van der Waals surface area (Å²) in [5.74, 6) is 0.116. The summed E-state index contributed by atoms with van der Waals surface area (Å²) < 4.78 is 4.56. The number of rotatable bonds is 5. The molecule has 2 saturated heterocycles. The van der Waals surface area contributed by atoms with Gasteiger partial charge in [0.25, 0.3) is 0 Å². The van der Waals surface area contributed by atoms with Gasteiger partial charge in [0.15, 0.2) is 0 Å². The minimum absolute atomic E-state index is 0.0772. The van der Waals surface area contributed by atoms with Crippen LogP contribution in [-0.4, -0.2) is 72.0 Å². The number of carbonyl (C=O) groups excluding carboxylic acids is 3. The molecule has 0 unspecified atom stereocenters. The van der Waals surface area contributed by atoms with Crippen LogP contribution in [0.15, 0.2) is 24.4 Å². The molecular formula is C21H30N4O4. The maximum atomic E-state index is 12.6. The second-order valence-electron chi connectivity index (χ2n) is 8.07. The lowest BCUT2D eigenvalue weighted by atomic mass is 9.72. The number of pyridine rings is 1. The Morgan fingerprint density at radius 2 is 2.03 bits per heavy atom. The van der Waals surface area contributed by atoms with Gasteiger partial charge < -0.3 is 19.9 Å². The zero-order chi connectivity index (χ0) is 20.9. The molecule has 0 radical (unpaired) electrons. The molecule has 2 fully saturated rings. The van der Waals surface area contributed by atoms with Gasteiger partial charge in [-0.3, -0.25) is 14.6 Å². The molecule has 1 atom stereocenters. The Morgan fingerprint density at radius 1 is 1.28 bits per heavy atom. The number of nitrogens with zero attached hydrogens (tertiary/aromatic N) is 3. The monoisotopic (exact) mass is 402 g/mol. The number of likely N-dealkylation sites (tertiary alicyclic amines) is 2. The highest BCUT2D eigenvalue weighted by Crippen LogP contribution is 2.40. The van der Waals surface area contributed by atoms with Crippen LogP contribution in [0.3, 0.4) is 0 Å². The van der Waals surface area contributed by atoms with Crippen molar-refractivity contribution < 1.29 is 19.1 Å². The zero-order valence-electron chi connectivity index (χ0n) is 17.2. The van der Waals surface area contributed by atoms with Gasteiger partial charge in [0.1, 0.15) is 6.04 Å². The third-order valence-electron chi connectivity index (χ3n) is 6.14. The molecule has 1 N–H and O–H groups in total. The minimum Gasteiger partial charge on any atom is -0.453 e. The van der Waals surface area contributed by atoms with E-state index < -0.39 is 12.1 Å². The summed E-state index contributed by atoms with van der Waals surface area (Å²) in [5.41, 5.74) is 1.07. The second-order valence-corrected chi connectivity index (χ2v) is 8.07. The molecule has 3 rings (SSSR count). The highest BCUT2D eigenvalue weighted by Gasteiger charge is 2.42. The normalized spacial score (nSPS) is 19.7. The van der Waals surface area contributed by atoms with Gasteiger partial charge in [0, 0.05) is 50.9 Å². The molecule has 2 aliphatic rings. The Hall–Kier alpha value is -2.64. The summed E-state index contributed by atoms with van der Waals surface area (Å²) in [6.45, 7) is 4.39. The molecule has 8 heteroatoms. The fraction of sp³-hybridized carbons (Fsp3) is 0.619. The lowest BCUT2D eigenvalue weighted by molar-refractivity contribution is -0.143. The quantitative estimate of drug-likeness (QED) is 0.808. The van der Waals surface area contributed by atoms with Crippen LogP contribution in [0.2, 0.25) is 0 Å². The molecule has 1 aromatic heterocycles. The Kier molecular flexibility index (Phi) is 6.71. The Balaban J connectivity index is 1.53. The first kappa shape index (κ1) is 21.1. The standard InChI is InChI=1S/C21H30N4O4/c1-16(23-20(28)29-2)19(27)24-13-9-21(10-14-24)8-6-18(26)25(15-21)12-7-17-5-3-4-11-22-17/h3-5,11,16H,6-10,12-15H2,1-2H3,(H,23,28)/t16-/m1/s1. The van der Waals surface area contributed by atoms with Crippen LogP contribution in [-0.2, 0) is 20.7 Å². The number of nitrogens with one attached hydrogen (secondary N) is 1. The van der Waals surface area contributed by atoms with E-state index in [-0.39, 0.29) is 17.2 Å². The van der Waals surface area contributed by atoms with Crippen molar-refractivity contribution in [2.45, 2.75) is 45.1 Å². The average Bonchev–Trinajstić information content (AvgIpc) is 2.75. The molecular weight excluding hydrogens is 372 g/mol. The Bertz CT molecular complexity index is 731. The van der Waals surface area contributed by atoms with Crippen LogP contribution in [0.5, 0.6) is 0 Å². The van der Waals surface area contributed by atoms with E-state index in [4.69, 9.17) is 0 Å². The summed E-state index contributed by atoms with van der Waals surface area (Å²) in [6, 6.07) is 5.23. The molecule has 0 saturated carbocycles. The van der Waals surface area contributed by atoms with Gasteiger partial charge in [-0.05, 0) is 43.7 Å². The summed E-state index contributed by atoms with van der Waals surface area (Å²) >= 11 is 0. The largest absolute Gasteiger partial charge is 0.453 e. The van der Waals surface area contributed by atoms with E-state index in [0.717, 1.165) is 37.9 Å². The first-order valence-corrected chi connectivity index (χ1v) is 10.2. The maximum absolute atomic E-state index is 12.6. The first-order chi connectivity index (χ1) is 13.9. The third-order valence-corrected chi connectivity index (χ3v) is 6.14. The van der Waals surface area contributed by atoms with Crippen molar-refractivity contribution in [1.82, 2.24) is 20.1 Å². The third kappa shape index (κ3) is 5.25. The molecule has 0 aliphatic carbocycles. The van der Waals surface area contributed by atoms with Gasteiger partial charge in [-0.15, -0.1) is 0 Å². The molecule has 1 spiro atoms. The number of methoxy groups -OCH3 is 1. The number of hydrogen-bond acceptors (Lipinski definition) is 5. The molecule has 8 nitrogen and oxygen atoms in total. The number of hydrogen-bond donors (Lipinski definition) is 1. The van der Waals surface area contributed by atoms with Gasteiger partial charge in [-0.25, -0.2) is 4.79 Å². The van der Waals surface area contributed by atoms with E-state index in [1.807, 2.05) is 23.1 Å². The second kappa shape index (κ2) is 9.24. The lowest BCUT2D eigenvalue weighted by Gasteiger charge is -2.47. The topological polar surface area (TPSA) is 91.8 Å². The van der Waals surface area contributed by atoms with Crippen molar-refractivity contribution in [3.63, 3.8) is 0 Å². The molecule has 3 heterocycles. The molecule has 3 amide bonds. The van der Waals surface area contributed by atoms with E-state index >= 15 is 0 Å². The van der Waals surface area contributed by atoms with Crippen molar-refractivity contribution in [2.24, 2.45) is 5.41 Å². The van der Waals surface area contributed by atoms with Gasteiger partial charge in [-0.1, -0.05) is 6.07 Å². The van der Waals surface area contributed by atoms with Crippen LogP contribution in [0, 0.1) is 5.41 Å². The highest BCUT2D eigenvalue weighted by atomic mass is 16.5. The van der Waals surface area contributed by atoms with E-state index in [1.54, 1.807) is 18.0 Å². The van der Waals surface area contributed by atoms with Gasteiger partial charge >= 0.3 is 6.09 Å². The van der Waals surface area contributed by atoms with Crippen LogP contribution in [0.4, 0.5) is 4.79 Å². The smallest absolute Gasteiger partial charge is 0.407 e. The van der Waals surface area contributed by atoms with E-state index in [1.165, 1.54) is 7.11 Å². The number of aromatic nitrogens is 1. The van der Waals surface area contributed by atoms with E-state index in [0.29, 0.717) is 26.1 Å². The first-order valence-electron chi connectivity index (χ1n) is 10.2. The van der Waals surface area contributed by atoms with Crippen LogP contribution >= 0.6 is 0 Å². The summed E-state index contributed by atoms with van der Waals surface area (Å²) in [7, 11) is 1.28. The number of amides is 3. The molecule has 1 aromatic rings. The SMILES string of the molecule is COC(=O)N[C@H](C)C(=O)N1CCC2(CCC(=O)N(CCc3ccccn3)C2)CC1. The fourth-order valence-electron chi connectivity index (χ4n) is 4.28. The number of alkyl carbamates (subject to hydrolysis) is 1. The molecule has 158 valence electrons. The Morgan fingerprint density at radius 3 is 2.69 bits per heavy atom. The van der Waals surface area contributed by atoms with Crippen molar-refractivity contribution in [3.05, 3.63) is 30.1 Å². The number of carbonyl (C=O) groups is 3. The summed E-state index contributed by atoms with van der Waals surface area (Å²) in [6.07, 6.45) is 5.12. The molecule has 29 heavy (non-hydrogen) atoms. The predicted octanol–water partition coefficient (Wildman–Crippen LogP) is 1.60. The zero-order valence-corrected chi connectivity index (χ0v) is 17.2. The maximum Gasteiger partial charge on any atom is 0.407 e. The van der Waals surface area contributed by atoms with Gasteiger partial charge in [-0.2, -0.15) is 0 Å². The number of piperidine rings is 2.